The number of rotatable bonds is 3. The summed E-state index contributed by atoms with van der Waals surface area (Å²) in [6.07, 6.45) is 5.13. The van der Waals surface area contributed by atoms with Crippen LogP contribution >= 0.6 is 0 Å². The predicted molar refractivity (Wildman–Crippen MR) is 80.5 cm³/mol. The van der Waals surface area contributed by atoms with Crippen LogP contribution in [0.1, 0.15) is 30.4 Å². The van der Waals surface area contributed by atoms with Gasteiger partial charge < -0.3 is 10.6 Å². The molecule has 1 aromatic rings. The summed E-state index contributed by atoms with van der Waals surface area (Å²) in [4.78, 5) is 4.92. The molecule has 104 valence electrons. The van der Waals surface area contributed by atoms with Gasteiger partial charge in [0.2, 0.25) is 0 Å². The van der Waals surface area contributed by atoms with Crippen molar-refractivity contribution in [3.05, 3.63) is 29.3 Å². The first-order chi connectivity index (χ1) is 9.28. The molecule has 0 bridgehead atoms. The van der Waals surface area contributed by atoms with E-state index in [0.29, 0.717) is 6.04 Å². The van der Waals surface area contributed by atoms with Crippen LogP contribution < -0.4 is 10.6 Å². The molecule has 0 saturated carbocycles. The van der Waals surface area contributed by atoms with E-state index in [9.17, 15) is 0 Å². The topological polar surface area (TPSA) is 32.5 Å². The minimum atomic E-state index is 0.588. The molecule has 3 nitrogen and oxygen atoms in total. The largest absolute Gasteiger partial charge is 0.374 e. The highest BCUT2D eigenvalue weighted by atomic mass is 15.2. The van der Waals surface area contributed by atoms with E-state index in [4.69, 9.17) is 5.73 Å². The maximum atomic E-state index is 5.91. The van der Waals surface area contributed by atoms with Gasteiger partial charge >= 0.3 is 0 Å². The number of likely N-dealkylation sites (N-methyl/N-ethyl adjacent to an activating group) is 1. The second kappa shape index (κ2) is 5.51. The minimum Gasteiger partial charge on any atom is -0.374 e. The lowest BCUT2D eigenvalue weighted by atomic mass is 10.0. The molecule has 1 saturated heterocycles. The number of nitrogens with zero attached hydrogens (tertiary/aromatic N) is 2. The zero-order valence-corrected chi connectivity index (χ0v) is 11.9. The third kappa shape index (κ3) is 2.63. The fourth-order valence-electron chi connectivity index (χ4n) is 3.49. The average molecular weight is 259 g/mol. The summed E-state index contributed by atoms with van der Waals surface area (Å²) in [6, 6.07) is 7.58. The van der Waals surface area contributed by atoms with E-state index in [0.717, 1.165) is 19.6 Å². The molecule has 1 unspecified atom stereocenters. The van der Waals surface area contributed by atoms with Gasteiger partial charge in [0.15, 0.2) is 0 Å². The number of fused-ring (bicyclic) bond motifs is 1. The normalized spacial score (nSPS) is 23.7. The van der Waals surface area contributed by atoms with Crippen LogP contribution in [0.2, 0.25) is 0 Å². The Bertz CT molecular complexity index is 444. The Hall–Kier alpha value is -1.06. The van der Waals surface area contributed by atoms with Crippen LogP contribution in [0.3, 0.4) is 0 Å². The van der Waals surface area contributed by atoms with E-state index >= 15 is 0 Å². The third-order valence-corrected chi connectivity index (χ3v) is 4.68. The lowest BCUT2D eigenvalue weighted by molar-refractivity contribution is 0.145. The quantitative estimate of drug-likeness (QED) is 0.901. The number of benzene rings is 1. The summed E-state index contributed by atoms with van der Waals surface area (Å²) in [7, 11) is 2.18. The number of piperidine rings is 1. The number of hydrogen-bond acceptors (Lipinski definition) is 3. The Morgan fingerprint density at radius 3 is 3.00 bits per heavy atom. The number of hydrogen-bond donors (Lipinski definition) is 1. The molecule has 1 atom stereocenters. The van der Waals surface area contributed by atoms with Crippen LogP contribution in [-0.4, -0.2) is 37.6 Å². The number of nitrogens with two attached hydrogens (primary N) is 1. The number of anilines is 1. The molecule has 2 aliphatic rings. The second-order valence-electron chi connectivity index (χ2n) is 5.99. The van der Waals surface area contributed by atoms with Gasteiger partial charge in [0.25, 0.3) is 0 Å². The van der Waals surface area contributed by atoms with Crippen molar-refractivity contribution in [1.82, 2.24) is 4.90 Å². The summed E-state index contributed by atoms with van der Waals surface area (Å²) in [5.41, 5.74) is 10.3. The fraction of sp³-hybridized carbons (Fsp3) is 0.625. The van der Waals surface area contributed by atoms with Crippen molar-refractivity contribution in [2.24, 2.45) is 5.73 Å². The molecule has 2 aliphatic heterocycles. The van der Waals surface area contributed by atoms with E-state index < -0.39 is 0 Å². The maximum Gasteiger partial charge on any atom is 0.0397 e. The zero-order valence-electron chi connectivity index (χ0n) is 11.9. The Morgan fingerprint density at radius 2 is 2.16 bits per heavy atom. The predicted octanol–water partition coefficient (Wildman–Crippen LogP) is 1.99. The molecular weight excluding hydrogens is 234 g/mol. The monoisotopic (exact) mass is 259 g/mol. The van der Waals surface area contributed by atoms with E-state index in [-0.39, 0.29) is 0 Å². The van der Waals surface area contributed by atoms with Crippen LogP contribution in [0, 0.1) is 0 Å². The van der Waals surface area contributed by atoms with Crippen LogP contribution in [0.5, 0.6) is 0 Å². The highest BCUT2D eigenvalue weighted by Gasteiger charge is 2.22. The fourth-order valence-corrected chi connectivity index (χ4v) is 3.49. The molecule has 0 radical (unpaired) electrons. The molecule has 3 rings (SSSR count). The minimum absolute atomic E-state index is 0.588. The molecule has 1 fully saturated rings. The molecule has 0 spiro atoms. The van der Waals surface area contributed by atoms with Crippen molar-refractivity contribution >= 4 is 5.69 Å². The molecule has 3 heteroatoms. The molecule has 2 N–H and O–H groups in total. The second-order valence-corrected chi connectivity index (χ2v) is 5.99. The summed E-state index contributed by atoms with van der Waals surface area (Å²) in [5, 5.41) is 0. The van der Waals surface area contributed by atoms with Gasteiger partial charge in [-0.1, -0.05) is 18.6 Å². The Kier molecular flexibility index (Phi) is 3.76. The Balaban J connectivity index is 1.73. The van der Waals surface area contributed by atoms with Crippen molar-refractivity contribution < 1.29 is 0 Å². The molecule has 0 amide bonds. The molecule has 0 aliphatic carbocycles. The molecule has 1 aromatic carbocycles. The first kappa shape index (κ1) is 12.9. The smallest absolute Gasteiger partial charge is 0.0397 e. The van der Waals surface area contributed by atoms with Crippen molar-refractivity contribution in [3.63, 3.8) is 0 Å². The van der Waals surface area contributed by atoms with Crippen LogP contribution in [0.4, 0.5) is 5.69 Å². The number of likely N-dealkylation sites (tertiary alicyclic amines) is 1. The third-order valence-electron chi connectivity index (χ3n) is 4.68. The van der Waals surface area contributed by atoms with Gasteiger partial charge in [0, 0.05) is 38.4 Å². The lowest BCUT2D eigenvalue weighted by Crippen LogP contribution is -2.43. The first-order valence-corrected chi connectivity index (χ1v) is 7.55. The Morgan fingerprint density at radius 1 is 1.26 bits per heavy atom. The van der Waals surface area contributed by atoms with Gasteiger partial charge in [-0.2, -0.15) is 0 Å². The van der Waals surface area contributed by atoms with Gasteiger partial charge in [0.05, 0.1) is 0 Å². The summed E-state index contributed by atoms with van der Waals surface area (Å²) in [6.45, 7) is 4.24. The van der Waals surface area contributed by atoms with Gasteiger partial charge in [0.1, 0.15) is 0 Å². The van der Waals surface area contributed by atoms with Gasteiger partial charge in [-0.15, -0.1) is 0 Å². The SMILES string of the molecule is CN1CCc2cc(CN3CCCCC3CN)ccc21. The maximum absolute atomic E-state index is 5.91. The molecular formula is C16H25N3. The summed E-state index contributed by atoms with van der Waals surface area (Å²) >= 11 is 0. The van der Waals surface area contributed by atoms with Crippen LogP contribution in [0.15, 0.2) is 18.2 Å². The Labute approximate surface area is 116 Å². The van der Waals surface area contributed by atoms with Gasteiger partial charge in [-0.25, -0.2) is 0 Å². The van der Waals surface area contributed by atoms with Crippen molar-refractivity contribution in [1.29, 1.82) is 0 Å². The van der Waals surface area contributed by atoms with Gasteiger partial charge in [-0.3, -0.25) is 4.90 Å². The lowest BCUT2D eigenvalue weighted by Gasteiger charge is -2.35. The van der Waals surface area contributed by atoms with Crippen LogP contribution in [-0.2, 0) is 13.0 Å². The van der Waals surface area contributed by atoms with Crippen LogP contribution in [0.25, 0.3) is 0 Å². The summed E-state index contributed by atoms with van der Waals surface area (Å²) in [5.74, 6) is 0. The van der Waals surface area contributed by atoms with E-state index in [1.54, 1.807) is 0 Å². The molecule has 2 heterocycles. The first-order valence-electron chi connectivity index (χ1n) is 7.55. The average Bonchev–Trinajstić information content (AvgIpc) is 2.81. The molecule has 0 aromatic heterocycles. The van der Waals surface area contributed by atoms with Gasteiger partial charge in [-0.05, 0) is 43.0 Å². The highest BCUT2D eigenvalue weighted by molar-refractivity contribution is 5.58. The van der Waals surface area contributed by atoms with Crippen molar-refractivity contribution in [2.45, 2.75) is 38.3 Å². The van der Waals surface area contributed by atoms with Crippen molar-refractivity contribution in [2.75, 3.05) is 31.6 Å². The van der Waals surface area contributed by atoms with E-state index in [1.807, 2.05) is 0 Å². The highest BCUT2D eigenvalue weighted by Crippen LogP contribution is 2.28. The molecule has 19 heavy (non-hydrogen) atoms. The zero-order chi connectivity index (χ0) is 13.2. The standard InChI is InChI=1S/C16H25N3/c1-18-9-7-14-10-13(5-6-16(14)18)12-19-8-3-2-4-15(19)11-17/h5-6,10,15H,2-4,7-9,11-12,17H2,1H3. The van der Waals surface area contributed by atoms with E-state index in [1.165, 1.54) is 49.0 Å². The summed E-state index contributed by atoms with van der Waals surface area (Å²) < 4.78 is 0. The van der Waals surface area contributed by atoms with E-state index in [2.05, 4.69) is 35.0 Å². The van der Waals surface area contributed by atoms with Crippen molar-refractivity contribution in [3.8, 4) is 0 Å².